The minimum atomic E-state index is -0.361. The Morgan fingerprint density at radius 1 is 1.08 bits per heavy atom. The maximum Gasteiger partial charge on any atom is 0.270 e. The maximum atomic E-state index is 12.9. The van der Waals surface area contributed by atoms with E-state index >= 15 is 0 Å². The lowest BCUT2D eigenvalue weighted by atomic mass is 10.2. The zero-order chi connectivity index (χ0) is 18.4. The summed E-state index contributed by atoms with van der Waals surface area (Å²) in [5.74, 6) is -0.231. The summed E-state index contributed by atoms with van der Waals surface area (Å²) in [5, 5.41) is 14.6. The second-order valence-electron chi connectivity index (χ2n) is 5.41. The van der Waals surface area contributed by atoms with Crippen molar-refractivity contribution < 1.29 is 9.18 Å². The van der Waals surface area contributed by atoms with Crippen LogP contribution in [0.15, 0.2) is 60.9 Å². The molecule has 0 radical (unpaired) electrons. The highest BCUT2D eigenvalue weighted by Crippen LogP contribution is 2.15. The molecule has 2 aromatic carbocycles. The fraction of sp³-hybridized carbons (Fsp3) is 0.0526. The Morgan fingerprint density at radius 3 is 2.50 bits per heavy atom. The molecule has 1 amide bonds. The van der Waals surface area contributed by atoms with Crippen LogP contribution in [0.3, 0.4) is 0 Å². The first kappa shape index (κ1) is 17.0. The fourth-order valence-corrected chi connectivity index (χ4v) is 2.20. The minimum absolute atomic E-state index is 0.207. The largest absolute Gasteiger partial charge is 0.347 e. The molecule has 0 aliphatic carbocycles. The molecule has 0 aliphatic heterocycles. The lowest BCUT2D eigenvalue weighted by molar-refractivity contribution is 0.0946. The van der Waals surface area contributed by atoms with Gasteiger partial charge in [-0.15, -0.1) is 0 Å². The van der Waals surface area contributed by atoms with Crippen LogP contribution in [-0.4, -0.2) is 15.9 Å². The maximum absolute atomic E-state index is 12.9. The molecule has 0 aliphatic rings. The van der Waals surface area contributed by atoms with Gasteiger partial charge in [0.15, 0.2) is 0 Å². The fourth-order valence-electron chi connectivity index (χ4n) is 2.20. The number of nitrogens with one attached hydrogen (secondary N) is 2. The Hall–Kier alpha value is -3.79. The van der Waals surface area contributed by atoms with E-state index in [-0.39, 0.29) is 24.0 Å². The summed E-state index contributed by atoms with van der Waals surface area (Å²) in [6, 6.07) is 16.3. The number of aromatic nitrogens is 2. The number of nitriles is 1. The van der Waals surface area contributed by atoms with Gasteiger partial charge in [-0.3, -0.25) is 4.79 Å². The van der Waals surface area contributed by atoms with E-state index in [1.807, 2.05) is 6.07 Å². The summed E-state index contributed by atoms with van der Waals surface area (Å²) < 4.78 is 12.9. The second-order valence-corrected chi connectivity index (χ2v) is 5.41. The number of hydrogen-bond donors (Lipinski definition) is 2. The van der Waals surface area contributed by atoms with Gasteiger partial charge in [0, 0.05) is 18.3 Å². The van der Waals surface area contributed by atoms with Crippen molar-refractivity contribution in [2.24, 2.45) is 0 Å². The monoisotopic (exact) mass is 347 g/mol. The van der Waals surface area contributed by atoms with E-state index in [2.05, 4.69) is 20.6 Å². The van der Waals surface area contributed by atoms with E-state index in [0.717, 1.165) is 11.3 Å². The number of hydrogen-bond acceptors (Lipinski definition) is 5. The third-order valence-electron chi connectivity index (χ3n) is 3.55. The highest BCUT2D eigenvalue weighted by Gasteiger charge is 2.09. The molecule has 7 heteroatoms. The SMILES string of the molecule is N#Cc1ccc(Nc2cc(C(=O)NCc3ccc(F)cc3)ncn2)cc1. The predicted molar refractivity (Wildman–Crippen MR) is 94.0 cm³/mol. The third kappa shape index (κ3) is 4.39. The molecule has 0 bridgehead atoms. The van der Waals surface area contributed by atoms with Crippen LogP contribution in [0.25, 0.3) is 0 Å². The molecule has 26 heavy (non-hydrogen) atoms. The van der Waals surface area contributed by atoms with E-state index in [1.54, 1.807) is 36.4 Å². The number of halogens is 1. The van der Waals surface area contributed by atoms with Crippen LogP contribution in [0.2, 0.25) is 0 Å². The summed E-state index contributed by atoms with van der Waals surface area (Å²) in [7, 11) is 0. The minimum Gasteiger partial charge on any atom is -0.347 e. The quantitative estimate of drug-likeness (QED) is 0.740. The van der Waals surface area contributed by atoms with E-state index in [9.17, 15) is 9.18 Å². The van der Waals surface area contributed by atoms with Crippen LogP contribution in [0.4, 0.5) is 15.9 Å². The molecule has 0 fully saturated rings. The Kier molecular flexibility index (Phi) is 5.15. The van der Waals surface area contributed by atoms with Gasteiger partial charge in [-0.05, 0) is 42.0 Å². The summed E-state index contributed by atoms with van der Waals surface area (Å²) in [6.07, 6.45) is 1.29. The van der Waals surface area contributed by atoms with E-state index < -0.39 is 0 Å². The molecule has 6 nitrogen and oxygen atoms in total. The van der Waals surface area contributed by atoms with E-state index in [0.29, 0.717) is 11.4 Å². The number of carbonyl (C=O) groups excluding carboxylic acids is 1. The van der Waals surface area contributed by atoms with Crippen molar-refractivity contribution in [3.8, 4) is 6.07 Å². The van der Waals surface area contributed by atoms with Gasteiger partial charge >= 0.3 is 0 Å². The summed E-state index contributed by atoms with van der Waals surface area (Å²) in [6.45, 7) is 0.265. The number of benzene rings is 2. The van der Waals surface area contributed by atoms with Gasteiger partial charge in [-0.2, -0.15) is 5.26 Å². The second kappa shape index (κ2) is 7.85. The van der Waals surface area contributed by atoms with E-state index in [4.69, 9.17) is 5.26 Å². The number of amides is 1. The van der Waals surface area contributed by atoms with Gasteiger partial charge in [-0.1, -0.05) is 12.1 Å². The third-order valence-corrected chi connectivity index (χ3v) is 3.55. The molecular weight excluding hydrogens is 333 g/mol. The topological polar surface area (TPSA) is 90.7 Å². The lowest BCUT2D eigenvalue weighted by Crippen LogP contribution is -2.24. The Labute approximate surface area is 149 Å². The van der Waals surface area contributed by atoms with Crippen molar-refractivity contribution in [2.45, 2.75) is 6.54 Å². The predicted octanol–water partition coefficient (Wildman–Crippen LogP) is 3.16. The standard InChI is InChI=1S/C19H14FN5O/c20-15-5-1-14(2-6-15)11-22-19(26)17-9-18(24-12-23-17)25-16-7-3-13(10-21)4-8-16/h1-9,12H,11H2,(H,22,26)(H,23,24,25). The lowest BCUT2D eigenvalue weighted by Gasteiger charge is -2.08. The zero-order valence-corrected chi connectivity index (χ0v) is 13.6. The highest BCUT2D eigenvalue weighted by atomic mass is 19.1. The molecule has 0 spiro atoms. The van der Waals surface area contributed by atoms with Gasteiger partial charge in [0.1, 0.15) is 23.7 Å². The molecule has 1 aromatic heterocycles. The van der Waals surface area contributed by atoms with Crippen LogP contribution in [0.1, 0.15) is 21.6 Å². The molecule has 0 saturated carbocycles. The van der Waals surface area contributed by atoms with Crippen LogP contribution in [0, 0.1) is 17.1 Å². The number of anilines is 2. The summed E-state index contributed by atoms with van der Waals surface area (Å²) in [5.41, 5.74) is 2.28. The molecule has 3 aromatic rings. The molecular formula is C19H14FN5O. The van der Waals surface area contributed by atoms with Crippen molar-refractivity contribution in [1.82, 2.24) is 15.3 Å². The van der Waals surface area contributed by atoms with Gasteiger partial charge < -0.3 is 10.6 Å². The normalized spacial score (nSPS) is 10.0. The zero-order valence-electron chi connectivity index (χ0n) is 13.6. The van der Waals surface area contributed by atoms with Gasteiger partial charge in [0.05, 0.1) is 11.6 Å². The highest BCUT2D eigenvalue weighted by molar-refractivity contribution is 5.92. The average molecular weight is 347 g/mol. The summed E-state index contributed by atoms with van der Waals surface area (Å²) >= 11 is 0. The number of carbonyl (C=O) groups is 1. The molecule has 3 rings (SSSR count). The van der Waals surface area contributed by atoms with Crippen LogP contribution in [0.5, 0.6) is 0 Å². The van der Waals surface area contributed by atoms with E-state index in [1.165, 1.54) is 24.5 Å². The van der Waals surface area contributed by atoms with Crippen molar-refractivity contribution in [2.75, 3.05) is 5.32 Å². The number of nitrogens with zero attached hydrogens (tertiary/aromatic N) is 3. The first-order valence-corrected chi connectivity index (χ1v) is 7.76. The van der Waals surface area contributed by atoms with Gasteiger partial charge in [-0.25, -0.2) is 14.4 Å². The Bertz CT molecular complexity index is 949. The first-order valence-electron chi connectivity index (χ1n) is 7.76. The molecule has 0 atom stereocenters. The van der Waals surface area contributed by atoms with Gasteiger partial charge in [0.25, 0.3) is 5.91 Å². The summed E-state index contributed by atoms with van der Waals surface area (Å²) in [4.78, 5) is 20.3. The van der Waals surface area contributed by atoms with Crippen LogP contribution < -0.4 is 10.6 Å². The van der Waals surface area contributed by atoms with Crippen molar-refractivity contribution in [3.63, 3.8) is 0 Å². The first-order chi connectivity index (χ1) is 12.6. The van der Waals surface area contributed by atoms with Crippen LogP contribution >= 0.6 is 0 Å². The molecule has 0 saturated heterocycles. The van der Waals surface area contributed by atoms with Gasteiger partial charge in [0.2, 0.25) is 0 Å². The van der Waals surface area contributed by atoms with Crippen molar-refractivity contribution >= 4 is 17.4 Å². The smallest absolute Gasteiger partial charge is 0.270 e. The molecule has 0 unspecified atom stereocenters. The Morgan fingerprint density at radius 2 is 1.81 bits per heavy atom. The molecule has 128 valence electrons. The van der Waals surface area contributed by atoms with Crippen molar-refractivity contribution in [1.29, 1.82) is 5.26 Å². The van der Waals surface area contributed by atoms with Crippen molar-refractivity contribution in [3.05, 3.63) is 83.6 Å². The van der Waals surface area contributed by atoms with Crippen LogP contribution in [-0.2, 0) is 6.54 Å². The Balaban J connectivity index is 1.64. The molecule has 2 N–H and O–H groups in total. The number of rotatable bonds is 5. The average Bonchev–Trinajstić information content (AvgIpc) is 2.68. The molecule has 1 heterocycles.